The molecule has 2 amide bonds. The van der Waals surface area contributed by atoms with E-state index >= 15 is 0 Å². The number of carboxylic acids is 1. The van der Waals surface area contributed by atoms with Crippen LogP contribution in [0.3, 0.4) is 0 Å². The number of phenolic OH excluding ortho intramolecular Hbond substituents is 1. The molecule has 4 aliphatic rings. The Balaban J connectivity index is 0.000000279. The molecule has 11 heteroatoms. The molecule has 4 fully saturated rings. The summed E-state index contributed by atoms with van der Waals surface area (Å²) in [6, 6.07) is 6.13. The normalized spacial score (nSPS) is 28.8. The molecule has 4 heterocycles. The molecule has 2 bridgehead atoms. The standard InChI is InChI=1S/C15H16N2O4.C2HF3O2/c18-12-3-1-2-11(8-12)17-13(19)15(21-14(17)20)9-16-6-4-10(15)5-7-16;3-2(4,5)1(6)7/h1-3,8,10,18H,4-7,9H2;(H,6,7). The van der Waals surface area contributed by atoms with E-state index in [4.69, 9.17) is 14.6 Å². The number of imide groups is 1. The van der Waals surface area contributed by atoms with Crippen molar-refractivity contribution in [3.05, 3.63) is 24.3 Å². The van der Waals surface area contributed by atoms with E-state index in [1.807, 2.05) is 0 Å². The quantitative estimate of drug-likeness (QED) is 0.740. The molecule has 0 saturated carbocycles. The number of aliphatic carboxylic acids is 1. The number of anilines is 1. The molecule has 0 radical (unpaired) electrons. The number of nitrogens with zero attached hydrogens (tertiary/aromatic N) is 2. The van der Waals surface area contributed by atoms with Crippen LogP contribution in [0.1, 0.15) is 12.8 Å². The first-order valence-corrected chi connectivity index (χ1v) is 8.43. The highest BCUT2D eigenvalue weighted by molar-refractivity contribution is 6.20. The molecule has 4 saturated heterocycles. The third-order valence-corrected chi connectivity index (χ3v) is 5.05. The van der Waals surface area contributed by atoms with Crippen molar-refractivity contribution in [2.45, 2.75) is 24.6 Å². The third-order valence-electron chi connectivity index (χ3n) is 5.05. The summed E-state index contributed by atoms with van der Waals surface area (Å²) in [4.78, 5) is 37.2. The molecule has 1 aromatic rings. The van der Waals surface area contributed by atoms with Gasteiger partial charge in [-0.2, -0.15) is 13.2 Å². The van der Waals surface area contributed by atoms with Crippen LogP contribution in [0.4, 0.5) is 23.7 Å². The van der Waals surface area contributed by atoms with Crippen molar-refractivity contribution in [1.29, 1.82) is 0 Å². The molecule has 8 nitrogen and oxygen atoms in total. The number of piperidine rings is 3. The van der Waals surface area contributed by atoms with Crippen LogP contribution in [0.5, 0.6) is 5.75 Å². The van der Waals surface area contributed by atoms with Crippen molar-refractivity contribution < 1.29 is 42.5 Å². The average molecular weight is 402 g/mol. The molecular weight excluding hydrogens is 385 g/mol. The smallest absolute Gasteiger partial charge is 0.490 e. The zero-order valence-corrected chi connectivity index (χ0v) is 14.5. The van der Waals surface area contributed by atoms with Crippen molar-refractivity contribution in [2.75, 3.05) is 24.5 Å². The van der Waals surface area contributed by atoms with E-state index in [1.165, 1.54) is 12.1 Å². The summed E-state index contributed by atoms with van der Waals surface area (Å²) < 4.78 is 37.3. The van der Waals surface area contributed by atoms with Crippen LogP contribution < -0.4 is 4.90 Å². The molecule has 0 aliphatic carbocycles. The van der Waals surface area contributed by atoms with Gasteiger partial charge in [0.25, 0.3) is 5.91 Å². The molecule has 28 heavy (non-hydrogen) atoms. The van der Waals surface area contributed by atoms with Gasteiger partial charge in [-0.1, -0.05) is 6.07 Å². The Hall–Kier alpha value is -2.82. The first-order valence-electron chi connectivity index (χ1n) is 8.43. The number of carbonyl (C=O) groups excluding carboxylic acids is 2. The number of hydrogen-bond donors (Lipinski definition) is 2. The summed E-state index contributed by atoms with van der Waals surface area (Å²) in [6.45, 7) is 2.41. The summed E-state index contributed by atoms with van der Waals surface area (Å²) in [7, 11) is 0. The summed E-state index contributed by atoms with van der Waals surface area (Å²) in [5.41, 5.74) is -0.669. The van der Waals surface area contributed by atoms with E-state index in [2.05, 4.69) is 4.90 Å². The van der Waals surface area contributed by atoms with Crippen LogP contribution in [0, 0.1) is 5.92 Å². The molecule has 0 aromatic heterocycles. The number of amides is 2. The average Bonchev–Trinajstić information content (AvgIpc) is 2.85. The predicted molar refractivity (Wildman–Crippen MR) is 87.7 cm³/mol. The fourth-order valence-electron chi connectivity index (χ4n) is 3.75. The number of carbonyl (C=O) groups is 3. The molecule has 5 rings (SSSR count). The van der Waals surface area contributed by atoms with Gasteiger partial charge in [0.05, 0.1) is 5.69 Å². The second-order valence-electron chi connectivity index (χ2n) is 6.77. The maximum absolute atomic E-state index is 12.9. The van der Waals surface area contributed by atoms with Crippen molar-refractivity contribution in [2.24, 2.45) is 5.92 Å². The monoisotopic (exact) mass is 402 g/mol. The summed E-state index contributed by atoms with van der Waals surface area (Å²) in [5.74, 6) is -2.94. The maximum Gasteiger partial charge on any atom is 0.490 e. The first kappa shape index (κ1) is 19.9. The number of carboxylic acid groups (broad SMARTS) is 1. The maximum atomic E-state index is 12.9. The van der Waals surface area contributed by atoms with E-state index in [9.17, 15) is 27.9 Å². The zero-order valence-electron chi connectivity index (χ0n) is 14.5. The van der Waals surface area contributed by atoms with E-state index < -0.39 is 23.8 Å². The van der Waals surface area contributed by atoms with Gasteiger partial charge >= 0.3 is 18.2 Å². The largest absolute Gasteiger partial charge is 0.508 e. The van der Waals surface area contributed by atoms with Gasteiger partial charge in [0.1, 0.15) is 5.75 Å². The van der Waals surface area contributed by atoms with Crippen LogP contribution in [0.2, 0.25) is 0 Å². The summed E-state index contributed by atoms with van der Waals surface area (Å²) in [6.07, 6.45) is -3.96. The minimum Gasteiger partial charge on any atom is -0.508 e. The van der Waals surface area contributed by atoms with Crippen LogP contribution in [0.15, 0.2) is 24.3 Å². The van der Waals surface area contributed by atoms with Gasteiger partial charge in [0, 0.05) is 18.5 Å². The number of ether oxygens (including phenoxy) is 1. The molecule has 1 atom stereocenters. The minimum absolute atomic E-state index is 0.0166. The number of hydrogen-bond acceptors (Lipinski definition) is 6. The van der Waals surface area contributed by atoms with Crippen molar-refractivity contribution in [3.8, 4) is 5.75 Å². The first-order chi connectivity index (χ1) is 13.0. The second-order valence-corrected chi connectivity index (χ2v) is 6.77. The lowest BCUT2D eigenvalue weighted by molar-refractivity contribution is -0.192. The Morgan fingerprint density at radius 3 is 2.29 bits per heavy atom. The molecule has 2 N–H and O–H groups in total. The van der Waals surface area contributed by atoms with Gasteiger partial charge in [-0.15, -0.1) is 0 Å². The summed E-state index contributed by atoms with van der Waals surface area (Å²) in [5, 5.41) is 16.7. The summed E-state index contributed by atoms with van der Waals surface area (Å²) >= 11 is 0. The minimum atomic E-state index is -5.08. The number of rotatable bonds is 1. The number of benzene rings is 1. The Morgan fingerprint density at radius 1 is 1.21 bits per heavy atom. The Labute approximate surface area is 157 Å². The molecule has 1 spiro atoms. The lowest BCUT2D eigenvalue weighted by Gasteiger charge is -2.48. The van der Waals surface area contributed by atoms with Gasteiger partial charge in [0.15, 0.2) is 0 Å². The SMILES string of the molecule is O=C(O)C(F)(F)F.O=C1OC2(CN3CCC2CC3)C(=O)N1c1cccc(O)c1. The fourth-order valence-corrected chi connectivity index (χ4v) is 3.75. The molecular formula is C17H17F3N2O6. The van der Waals surface area contributed by atoms with Crippen molar-refractivity contribution in [1.82, 2.24) is 4.90 Å². The highest BCUT2D eigenvalue weighted by Gasteiger charge is 2.62. The van der Waals surface area contributed by atoms with E-state index in [0.29, 0.717) is 12.2 Å². The Kier molecular flexibility index (Phi) is 4.96. The lowest BCUT2D eigenvalue weighted by Crippen LogP contribution is -2.63. The van der Waals surface area contributed by atoms with E-state index in [0.717, 1.165) is 30.8 Å². The predicted octanol–water partition coefficient (Wildman–Crippen LogP) is 1.97. The third kappa shape index (κ3) is 3.49. The number of halogens is 3. The number of phenols is 1. The topological polar surface area (TPSA) is 107 Å². The highest BCUT2D eigenvalue weighted by atomic mass is 19.4. The highest BCUT2D eigenvalue weighted by Crippen LogP contribution is 2.44. The molecule has 1 aromatic carbocycles. The molecule has 152 valence electrons. The number of fused-ring (bicyclic) bond motifs is 2. The lowest BCUT2D eigenvalue weighted by atomic mass is 9.75. The number of alkyl halides is 3. The van der Waals surface area contributed by atoms with Gasteiger partial charge in [0.2, 0.25) is 5.60 Å². The van der Waals surface area contributed by atoms with Crippen LogP contribution in [0.25, 0.3) is 0 Å². The second kappa shape index (κ2) is 6.97. The Bertz CT molecular complexity index is 806. The Morgan fingerprint density at radius 2 is 1.82 bits per heavy atom. The zero-order chi connectivity index (χ0) is 20.7. The molecule has 1 unspecified atom stereocenters. The van der Waals surface area contributed by atoms with Gasteiger partial charge in [-0.25, -0.2) is 14.5 Å². The van der Waals surface area contributed by atoms with Crippen LogP contribution in [-0.4, -0.2) is 64.5 Å². The van der Waals surface area contributed by atoms with Gasteiger partial charge < -0.3 is 14.9 Å². The van der Waals surface area contributed by atoms with Gasteiger partial charge in [-0.3, -0.25) is 9.69 Å². The molecule has 4 aliphatic heterocycles. The van der Waals surface area contributed by atoms with Gasteiger partial charge in [-0.05, 0) is 38.1 Å². The van der Waals surface area contributed by atoms with E-state index in [1.54, 1.807) is 12.1 Å². The fraction of sp³-hybridized carbons (Fsp3) is 0.471. The van der Waals surface area contributed by atoms with Crippen molar-refractivity contribution in [3.63, 3.8) is 0 Å². The number of aromatic hydroxyl groups is 1. The van der Waals surface area contributed by atoms with E-state index in [-0.39, 0.29) is 17.6 Å². The van der Waals surface area contributed by atoms with Crippen LogP contribution in [-0.2, 0) is 14.3 Å². The van der Waals surface area contributed by atoms with Crippen LogP contribution >= 0.6 is 0 Å². The van der Waals surface area contributed by atoms with Crippen molar-refractivity contribution >= 4 is 23.7 Å².